The van der Waals surface area contributed by atoms with Crippen molar-refractivity contribution in [2.75, 3.05) is 19.6 Å². The van der Waals surface area contributed by atoms with E-state index < -0.39 is 0 Å². The predicted molar refractivity (Wildman–Crippen MR) is 83.0 cm³/mol. The highest BCUT2D eigenvalue weighted by atomic mass is 16.2. The van der Waals surface area contributed by atoms with E-state index in [2.05, 4.69) is 40.0 Å². The summed E-state index contributed by atoms with van der Waals surface area (Å²) < 4.78 is 0. The summed E-state index contributed by atoms with van der Waals surface area (Å²) >= 11 is 0. The van der Waals surface area contributed by atoms with E-state index in [0.29, 0.717) is 5.92 Å². The van der Waals surface area contributed by atoms with Crippen molar-refractivity contribution in [3.63, 3.8) is 0 Å². The third-order valence-corrected chi connectivity index (χ3v) is 5.18. The fourth-order valence-electron chi connectivity index (χ4n) is 3.76. The van der Waals surface area contributed by atoms with Crippen molar-refractivity contribution in [2.24, 2.45) is 11.3 Å². The molecule has 0 unspecified atom stereocenters. The van der Waals surface area contributed by atoms with Gasteiger partial charge < -0.3 is 15.6 Å². The van der Waals surface area contributed by atoms with Crippen LogP contribution in [0.1, 0.15) is 18.4 Å². The number of amides is 1. The van der Waals surface area contributed by atoms with Crippen LogP contribution in [0.2, 0.25) is 0 Å². The van der Waals surface area contributed by atoms with Gasteiger partial charge in [-0.2, -0.15) is 0 Å². The second-order valence-electron chi connectivity index (χ2n) is 6.38. The zero-order valence-electron chi connectivity index (χ0n) is 12.1. The van der Waals surface area contributed by atoms with Gasteiger partial charge in [0.05, 0.1) is 5.41 Å². The first-order valence-corrected chi connectivity index (χ1v) is 7.84. The second kappa shape index (κ2) is 4.88. The molecule has 2 aliphatic rings. The molecular weight excluding hydrogens is 262 g/mol. The zero-order chi connectivity index (χ0) is 14.3. The molecule has 4 nitrogen and oxygen atoms in total. The Morgan fingerprint density at radius 2 is 2.29 bits per heavy atom. The minimum atomic E-state index is -0.0362. The number of carbonyl (C=O) groups excluding carboxylic acids is 1. The van der Waals surface area contributed by atoms with E-state index >= 15 is 0 Å². The summed E-state index contributed by atoms with van der Waals surface area (Å²) in [6.45, 7) is 2.71. The molecular formula is C17H21N3O. The van der Waals surface area contributed by atoms with E-state index in [4.69, 9.17) is 0 Å². The van der Waals surface area contributed by atoms with Gasteiger partial charge >= 0.3 is 0 Å². The average molecular weight is 283 g/mol. The molecule has 1 aliphatic carbocycles. The zero-order valence-corrected chi connectivity index (χ0v) is 12.1. The van der Waals surface area contributed by atoms with Crippen LogP contribution >= 0.6 is 0 Å². The third kappa shape index (κ3) is 2.14. The van der Waals surface area contributed by atoms with E-state index in [1.54, 1.807) is 0 Å². The van der Waals surface area contributed by atoms with E-state index in [1.165, 1.54) is 10.9 Å². The molecule has 2 aromatic rings. The molecule has 21 heavy (non-hydrogen) atoms. The Labute approximate surface area is 124 Å². The molecule has 0 radical (unpaired) electrons. The third-order valence-electron chi connectivity index (χ3n) is 5.18. The monoisotopic (exact) mass is 283 g/mol. The second-order valence-corrected chi connectivity index (χ2v) is 6.38. The Bertz CT molecular complexity index is 677. The maximum absolute atomic E-state index is 12.4. The van der Waals surface area contributed by atoms with Gasteiger partial charge in [0.15, 0.2) is 0 Å². The quantitative estimate of drug-likeness (QED) is 0.802. The summed E-state index contributed by atoms with van der Waals surface area (Å²) in [5, 5.41) is 7.79. The lowest BCUT2D eigenvalue weighted by atomic mass is 9.95. The molecule has 1 aliphatic heterocycles. The highest BCUT2D eigenvalue weighted by Crippen LogP contribution is 2.56. The first-order chi connectivity index (χ1) is 10.3. The van der Waals surface area contributed by atoms with Gasteiger partial charge in [-0.05, 0) is 49.9 Å². The van der Waals surface area contributed by atoms with Gasteiger partial charge in [0.2, 0.25) is 5.91 Å². The van der Waals surface area contributed by atoms with Gasteiger partial charge in [-0.15, -0.1) is 0 Å². The summed E-state index contributed by atoms with van der Waals surface area (Å²) in [4.78, 5) is 15.7. The van der Waals surface area contributed by atoms with Crippen LogP contribution in [0, 0.1) is 11.3 Å². The van der Waals surface area contributed by atoms with Crippen molar-refractivity contribution in [2.45, 2.75) is 19.3 Å². The Morgan fingerprint density at radius 1 is 1.38 bits per heavy atom. The van der Waals surface area contributed by atoms with Crippen LogP contribution in [-0.2, 0) is 11.2 Å². The molecule has 4 heteroatoms. The fraction of sp³-hybridized carbons (Fsp3) is 0.471. The van der Waals surface area contributed by atoms with Crippen LogP contribution < -0.4 is 10.6 Å². The number of nitrogens with one attached hydrogen (secondary N) is 3. The average Bonchev–Trinajstić information content (AvgIpc) is 3.15. The largest absolute Gasteiger partial charge is 0.361 e. The Morgan fingerprint density at radius 3 is 3.19 bits per heavy atom. The summed E-state index contributed by atoms with van der Waals surface area (Å²) in [6.07, 6.45) is 5.00. The van der Waals surface area contributed by atoms with Gasteiger partial charge in [-0.25, -0.2) is 0 Å². The Kier molecular flexibility index (Phi) is 3.00. The number of rotatable bonds is 4. The van der Waals surface area contributed by atoms with Crippen molar-refractivity contribution < 1.29 is 4.79 Å². The van der Waals surface area contributed by atoms with Crippen LogP contribution in [0.4, 0.5) is 0 Å². The maximum atomic E-state index is 12.4. The first-order valence-electron chi connectivity index (χ1n) is 7.84. The van der Waals surface area contributed by atoms with Crippen molar-refractivity contribution >= 4 is 16.8 Å². The molecule has 2 fully saturated rings. The number of aromatic nitrogens is 1. The van der Waals surface area contributed by atoms with Crippen molar-refractivity contribution in [3.8, 4) is 0 Å². The maximum Gasteiger partial charge on any atom is 0.226 e. The number of fused-ring (bicyclic) bond motifs is 2. The van der Waals surface area contributed by atoms with Crippen molar-refractivity contribution in [1.82, 2.24) is 15.6 Å². The van der Waals surface area contributed by atoms with Crippen LogP contribution in [0.25, 0.3) is 10.9 Å². The Balaban J connectivity index is 1.36. The van der Waals surface area contributed by atoms with Crippen molar-refractivity contribution in [1.29, 1.82) is 0 Å². The van der Waals surface area contributed by atoms with Gasteiger partial charge in [0.1, 0.15) is 0 Å². The van der Waals surface area contributed by atoms with Gasteiger partial charge in [0, 0.05) is 23.6 Å². The van der Waals surface area contributed by atoms with Crippen molar-refractivity contribution in [3.05, 3.63) is 36.0 Å². The lowest BCUT2D eigenvalue weighted by Crippen LogP contribution is -2.40. The number of hydrogen-bond acceptors (Lipinski definition) is 2. The number of benzene rings is 1. The molecule has 3 N–H and O–H groups in total. The number of H-pyrrole nitrogens is 1. The standard InChI is InChI=1S/C17H21N3O/c21-16(17-6-8-18-11-13(17)9-17)19-7-5-12-10-20-15-4-2-1-3-14(12)15/h1-4,10,13,18,20H,5-9,11H2,(H,19,21)/t13-,17-/m0/s1. The summed E-state index contributed by atoms with van der Waals surface area (Å²) in [6, 6.07) is 8.31. The summed E-state index contributed by atoms with van der Waals surface area (Å²) in [5.41, 5.74) is 2.41. The van der Waals surface area contributed by atoms with E-state index in [1.807, 2.05) is 6.07 Å². The normalized spacial score (nSPS) is 27.3. The summed E-state index contributed by atoms with van der Waals surface area (Å²) in [7, 11) is 0. The number of aromatic amines is 1. The lowest BCUT2D eigenvalue weighted by molar-refractivity contribution is -0.127. The first kappa shape index (κ1) is 12.9. The molecule has 1 amide bonds. The number of hydrogen-bond donors (Lipinski definition) is 3. The molecule has 1 saturated heterocycles. The van der Waals surface area contributed by atoms with Crippen LogP contribution in [0.5, 0.6) is 0 Å². The molecule has 0 bridgehead atoms. The smallest absolute Gasteiger partial charge is 0.226 e. The molecule has 1 aromatic heterocycles. The van der Waals surface area contributed by atoms with E-state index in [9.17, 15) is 4.79 Å². The highest BCUT2D eigenvalue weighted by Gasteiger charge is 2.60. The van der Waals surface area contributed by atoms with Crippen LogP contribution in [-0.4, -0.2) is 30.5 Å². The molecule has 4 rings (SSSR count). The summed E-state index contributed by atoms with van der Waals surface area (Å²) in [5.74, 6) is 0.841. The molecule has 0 spiro atoms. The lowest BCUT2D eigenvalue weighted by Gasteiger charge is -2.21. The molecule has 2 heterocycles. The SMILES string of the molecule is O=C(NCCc1c[nH]c2ccccc12)[C@]12CCNC[C@@H]1C2. The Hall–Kier alpha value is -1.81. The van der Waals surface area contributed by atoms with E-state index in [-0.39, 0.29) is 11.3 Å². The predicted octanol–water partition coefficient (Wildman–Crippen LogP) is 1.83. The number of carbonyl (C=O) groups is 1. The highest BCUT2D eigenvalue weighted by molar-refractivity contribution is 5.86. The van der Waals surface area contributed by atoms with Gasteiger partial charge in [0.25, 0.3) is 0 Å². The molecule has 110 valence electrons. The molecule has 1 aromatic carbocycles. The van der Waals surface area contributed by atoms with Gasteiger partial charge in [-0.1, -0.05) is 18.2 Å². The minimum absolute atomic E-state index is 0.0362. The number of para-hydroxylation sites is 1. The molecule has 2 atom stereocenters. The van der Waals surface area contributed by atoms with E-state index in [0.717, 1.165) is 44.4 Å². The van der Waals surface area contributed by atoms with Crippen LogP contribution in [0.3, 0.4) is 0 Å². The van der Waals surface area contributed by atoms with Gasteiger partial charge in [-0.3, -0.25) is 4.79 Å². The van der Waals surface area contributed by atoms with Crippen LogP contribution in [0.15, 0.2) is 30.5 Å². The fourth-order valence-corrected chi connectivity index (χ4v) is 3.76. The molecule has 1 saturated carbocycles. The minimum Gasteiger partial charge on any atom is -0.361 e. The number of piperidine rings is 1. The topological polar surface area (TPSA) is 56.9 Å².